The molecule has 1 saturated carbocycles. The number of hydrogen-bond donors (Lipinski definition) is 2. The highest BCUT2D eigenvalue weighted by atomic mass is 16.5. The van der Waals surface area contributed by atoms with Crippen LogP contribution in [0.15, 0.2) is 36.4 Å². The Hall–Kier alpha value is -3.26. The van der Waals surface area contributed by atoms with Crippen LogP contribution in [0.2, 0.25) is 0 Å². The number of rotatable bonds is 6. The second-order valence-electron chi connectivity index (χ2n) is 7.64. The first-order valence-corrected chi connectivity index (χ1v) is 10.0. The molecular weight excluding hydrogens is 386 g/mol. The quantitative estimate of drug-likeness (QED) is 0.560. The van der Waals surface area contributed by atoms with E-state index in [4.69, 9.17) is 15.2 Å². The fourth-order valence-electron chi connectivity index (χ4n) is 4.02. The summed E-state index contributed by atoms with van der Waals surface area (Å²) in [7, 11) is 1.60. The Labute approximate surface area is 174 Å². The van der Waals surface area contributed by atoms with Gasteiger partial charge in [-0.3, -0.25) is 10.0 Å². The van der Waals surface area contributed by atoms with E-state index in [1.807, 2.05) is 24.3 Å². The number of nitrogens with zero attached hydrogens (tertiary/aromatic N) is 2. The van der Waals surface area contributed by atoms with Crippen molar-refractivity contribution in [3.8, 4) is 11.5 Å². The maximum Gasteiger partial charge on any atom is 0.338 e. The van der Waals surface area contributed by atoms with Gasteiger partial charge in [-0.1, -0.05) is 12.1 Å². The Morgan fingerprint density at radius 1 is 1.20 bits per heavy atom. The minimum Gasteiger partial charge on any atom is -0.493 e. The number of carbonyl (C=O) groups excluding carboxylic acids is 2. The van der Waals surface area contributed by atoms with Gasteiger partial charge in [0.25, 0.3) is 5.91 Å². The number of fused-ring (bicyclic) bond motifs is 1. The van der Waals surface area contributed by atoms with E-state index in [0.29, 0.717) is 34.2 Å². The van der Waals surface area contributed by atoms with Gasteiger partial charge in [-0.05, 0) is 55.0 Å². The number of nitrogens with two attached hydrogens (primary N) is 1. The molecule has 3 N–H and O–H groups in total. The lowest BCUT2D eigenvalue weighted by Gasteiger charge is -2.20. The van der Waals surface area contributed by atoms with Crippen LogP contribution in [0.1, 0.15) is 47.2 Å². The molecule has 2 aromatic rings. The first-order chi connectivity index (χ1) is 14.5. The topological polar surface area (TPSA) is 105 Å². The van der Waals surface area contributed by atoms with E-state index in [2.05, 4.69) is 0 Å². The van der Waals surface area contributed by atoms with E-state index >= 15 is 0 Å². The zero-order chi connectivity index (χ0) is 21.3. The molecule has 0 spiro atoms. The summed E-state index contributed by atoms with van der Waals surface area (Å²) in [6.07, 6.45) is 4.55. The molecule has 0 unspecified atom stereocenters. The van der Waals surface area contributed by atoms with Crippen LogP contribution >= 0.6 is 0 Å². The van der Waals surface area contributed by atoms with Gasteiger partial charge in [0.05, 0.1) is 26.3 Å². The molecule has 2 aliphatic rings. The van der Waals surface area contributed by atoms with Crippen LogP contribution in [0.5, 0.6) is 11.5 Å². The average Bonchev–Trinajstić information content (AvgIpc) is 3.36. The lowest BCUT2D eigenvalue weighted by molar-refractivity contribution is -0.0470. The van der Waals surface area contributed by atoms with E-state index < -0.39 is 6.03 Å². The molecule has 1 fully saturated rings. The molecular formula is C22H25N3O5. The van der Waals surface area contributed by atoms with Crippen molar-refractivity contribution in [1.29, 1.82) is 0 Å². The summed E-state index contributed by atoms with van der Waals surface area (Å²) >= 11 is 0. The van der Waals surface area contributed by atoms with Crippen molar-refractivity contribution in [2.75, 3.05) is 12.0 Å². The second-order valence-corrected chi connectivity index (χ2v) is 7.64. The maximum atomic E-state index is 13.1. The van der Waals surface area contributed by atoms with E-state index in [1.54, 1.807) is 24.1 Å². The second kappa shape index (κ2) is 8.23. The van der Waals surface area contributed by atoms with Crippen LogP contribution in [0.3, 0.4) is 0 Å². The largest absolute Gasteiger partial charge is 0.493 e. The molecule has 0 bridgehead atoms. The van der Waals surface area contributed by atoms with Gasteiger partial charge in [-0.25, -0.2) is 9.86 Å². The molecule has 1 aliphatic carbocycles. The van der Waals surface area contributed by atoms with Gasteiger partial charge in [0.1, 0.15) is 0 Å². The van der Waals surface area contributed by atoms with Gasteiger partial charge >= 0.3 is 6.03 Å². The number of hydrogen-bond acceptors (Lipinski definition) is 5. The fraction of sp³-hybridized carbons (Fsp3) is 0.364. The average molecular weight is 411 g/mol. The summed E-state index contributed by atoms with van der Waals surface area (Å²) in [4.78, 5) is 25.8. The smallest absolute Gasteiger partial charge is 0.338 e. The highest BCUT2D eigenvalue weighted by Gasteiger charge is 2.30. The van der Waals surface area contributed by atoms with Crippen molar-refractivity contribution < 1.29 is 24.3 Å². The number of anilines is 1. The molecule has 8 heteroatoms. The number of carbonyl (C=O) groups is 2. The molecule has 4 rings (SSSR count). The standard InChI is InChI=1S/C22H25N3O5/c1-29-19-9-8-16(11-20(19)30-17-4-2-3-5-17)24-13-15-7-6-14(10-18(15)21(24)26)12-25(28)22(23)27/h6-11,17,28H,2-5,12-13H2,1H3,(H2,23,27). The first-order valence-electron chi connectivity index (χ1n) is 10.0. The monoisotopic (exact) mass is 411 g/mol. The Morgan fingerprint density at radius 2 is 1.97 bits per heavy atom. The van der Waals surface area contributed by atoms with Gasteiger partial charge in [-0.15, -0.1) is 0 Å². The summed E-state index contributed by atoms with van der Waals surface area (Å²) < 4.78 is 11.6. The van der Waals surface area contributed by atoms with Crippen molar-refractivity contribution in [2.45, 2.75) is 44.9 Å². The molecule has 0 atom stereocenters. The molecule has 1 aliphatic heterocycles. The van der Waals surface area contributed by atoms with Crippen LogP contribution in [-0.4, -0.2) is 35.4 Å². The van der Waals surface area contributed by atoms with Gasteiger partial charge in [0.15, 0.2) is 11.5 Å². The summed E-state index contributed by atoms with van der Waals surface area (Å²) in [5.41, 5.74) is 7.82. The van der Waals surface area contributed by atoms with E-state index in [9.17, 15) is 14.8 Å². The SMILES string of the molecule is COc1ccc(N2Cc3ccc(CN(O)C(N)=O)cc3C2=O)cc1OC1CCCC1. The summed E-state index contributed by atoms with van der Waals surface area (Å²) in [5.74, 6) is 1.14. The maximum absolute atomic E-state index is 13.1. The number of benzene rings is 2. The van der Waals surface area contributed by atoms with E-state index in [-0.39, 0.29) is 18.6 Å². The van der Waals surface area contributed by atoms with Crippen molar-refractivity contribution >= 4 is 17.6 Å². The number of methoxy groups -OCH3 is 1. The van der Waals surface area contributed by atoms with Crippen LogP contribution < -0.4 is 20.1 Å². The number of urea groups is 1. The number of ether oxygens (including phenoxy) is 2. The molecule has 0 radical (unpaired) electrons. The minimum absolute atomic E-state index is 0.0855. The van der Waals surface area contributed by atoms with E-state index in [1.165, 1.54) is 0 Å². The van der Waals surface area contributed by atoms with Crippen molar-refractivity contribution in [1.82, 2.24) is 5.06 Å². The molecule has 0 saturated heterocycles. The highest BCUT2D eigenvalue weighted by Crippen LogP contribution is 2.37. The Balaban J connectivity index is 1.57. The third-order valence-corrected chi connectivity index (χ3v) is 5.62. The number of primary amides is 1. The molecule has 1 heterocycles. The third-order valence-electron chi connectivity index (χ3n) is 5.62. The van der Waals surface area contributed by atoms with Crippen LogP contribution in [-0.2, 0) is 13.1 Å². The van der Waals surface area contributed by atoms with Crippen LogP contribution in [0.4, 0.5) is 10.5 Å². The van der Waals surface area contributed by atoms with Crippen molar-refractivity contribution in [2.24, 2.45) is 5.73 Å². The summed E-state index contributed by atoms with van der Waals surface area (Å²) in [6.45, 7) is 0.347. The van der Waals surface area contributed by atoms with Gasteiger partial charge in [0, 0.05) is 17.3 Å². The van der Waals surface area contributed by atoms with Gasteiger partial charge in [0.2, 0.25) is 0 Å². The zero-order valence-corrected chi connectivity index (χ0v) is 16.8. The van der Waals surface area contributed by atoms with E-state index in [0.717, 1.165) is 36.9 Å². The Kier molecular flexibility index (Phi) is 5.50. The fourth-order valence-corrected chi connectivity index (χ4v) is 4.02. The van der Waals surface area contributed by atoms with Crippen molar-refractivity contribution in [3.63, 3.8) is 0 Å². The predicted octanol–water partition coefficient (Wildman–Crippen LogP) is 3.45. The predicted molar refractivity (Wildman–Crippen MR) is 110 cm³/mol. The number of amides is 3. The Morgan fingerprint density at radius 3 is 2.67 bits per heavy atom. The zero-order valence-electron chi connectivity index (χ0n) is 16.8. The van der Waals surface area contributed by atoms with Gasteiger partial charge < -0.3 is 20.1 Å². The normalized spacial score (nSPS) is 15.9. The van der Waals surface area contributed by atoms with Crippen molar-refractivity contribution in [3.05, 3.63) is 53.1 Å². The van der Waals surface area contributed by atoms with Crippen LogP contribution in [0.25, 0.3) is 0 Å². The van der Waals surface area contributed by atoms with Crippen LogP contribution in [0, 0.1) is 0 Å². The molecule has 8 nitrogen and oxygen atoms in total. The number of hydroxylamine groups is 2. The highest BCUT2D eigenvalue weighted by molar-refractivity contribution is 6.10. The molecule has 0 aromatic heterocycles. The lowest BCUT2D eigenvalue weighted by Crippen LogP contribution is -2.32. The first kappa shape index (κ1) is 20.0. The molecule has 2 aromatic carbocycles. The van der Waals surface area contributed by atoms with Gasteiger partial charge in [-0.2, -0.15) is 0 Å². The third kappa shape index (κ3) is 3.91. The minimum atomic E-state index is -0.948. The molecule has 3 amide bonds. The summed E-state index contributed by atoms with van der Waals surface area (Å²) in [6, 6.07) is 9.84. The summed E-state index contributed by atoms with van der Waals surface area (Å²) in [5, 5.41) is 9.97. The Bertz CT molecular complexity index is 971. The molecule has 30 heavy (non-hydrogen) atoms. The lowest BCUT2D eigenvalue weighted by atomic mass is 10.1. The molecule has 158 valence electrons.